The molecule has 26 heavy (non-hydrogen) atoms. The SMILES string of the molecule is CC(=O)c1ccc(NC(=O)[C@H](C)[NH2+]CC23CC4CC(CC(C4)C2)C3)cc1. The molecule has 4 fully saturated rings. The number of carbonyl (C=O) groups excluding carboxylic acids is 2. The third-order valence-electron chi connectivity index (χ3n) is 7.04. The first-order valence-corrected chi connectivity index (χ1v) is 10.2. The highest BCUT2D eigenvalue weighted by molar-refractivity contribution is 5.96. The van der Waals surface area contributed by atoms with Crippen molar-refractivity contribution in [2.75, 3.05) is 11.9 Å². The molecule has 4 aliphatic carbocycles. The Balaban J connectivity index is 1.31. The average molecular weight is 356 g/mol. The van der Waals surface area contributed by atoms with Crippen molar-refractivity contribution in [3.05, 3.63) is 29.8 Å². The second kappa shape index (κ2) is 6.80. The van der Waals surface area contributed by atoms with E-state index in [1.54, 1.807) is 31.2 Å². The quantitative estimate of drug-likeness (QED) is 0.771. The van der Waals surface area contributed by atoms with Gasteiger partial charge < -0.3 is 10.6 Å². The van der Waals surface area contributed by atoms with Crippen molar-refractivity contribution in [1.29, 1.82) is 0 Å². The maximum Gasteiger partial charge on any atom is 0.282 e. The van der Waals surface area contributed by atoms with Crippen LogP contribution in [0.1, 0.15) is 62.7 Å². The molecule has 140 valence electrons. The maximum absolute atomic E-state index is 12.5. The Morgan fingerprint density at radius 1 is 1.08 bits per heavy atom. The standard InChI is InChI=1S/C22H30N2O2/c1-14(21(26)24-20-5-3-19(4-6-20)15(2)25)23-13-22-10-16-7-17(11-22)9-18(8-16)12-22/h3-6,14,16-18,23H,7-13H2,1-2H3,(H,24,26)/p+1/t14-,16?,17?,18?,22?/m0/s1. The molecule has 4 heteroatoms. The van der Waals surface area contributed by atoms with Crippen molar-refractivity contribution in [3.8, 4) is 0 Å². The van der Waals surface area contributed by atoms with Crippen LogP contribution in [0, 0.1) is 23.2 Å². The van der Waals surface area contributed by atoms with Crippen LogP contribution >= 0.6 is 0 Å². The maximum atomic E-state index is 12.5. The van der Waals surface area contributed by atoms with Gasteiger partial charge in [-0.05, 0) is 94.4 Å². The van der Waals surface area contributed by atoms with Gasteiger partial charge in [0.25, 0.3) is 5.91 Å². The van der Waals surface area contributed by atoms with Gasteiger partial charge in [-0.1, -0.05) is 0 Å². The lowest BCUT2D eigenvalue weighted by atomic mass is 9.49. The van der Waals surface area contributed by atoms with E-state index in [4.69, 9.17) is 0 Å². The molecule has 0 radical (unpaired) electrons. The molecule has 0 aliphatic heterocycles. The first kappa shape index (κ1) is 17.7. The number of carbonyl (C=O) groups is 2. The summed E-state index contributed by atoms with van der Waals surface area (Å²) in [5.41, 5.74) is 1.92. The summed E-state index contributed by atoms with van der Waals surface area (Å²) in [5.74, 6) is 2.96. The van der Waals surface area contributed by atoms with Crippen molar-refractivity contribution in [3.63, 3.8) is 0 Å². The molecule has 1 aromatic carbocycles. The van der Waals surface area contributed by atoms with Gasteiger partial charge in [-0.2, -0.15) is 0 Å². The minimum absolute atomic E-state index is 0.0418. The van der Waals surface area contributed by atoms with E-state index in [0.29, 0.717) is 11.0 Å². The molecule has 4 aliphatic rings. The van der Waals surface area contributed by atoms with Gasteiger partial charge in [0.05, 0.1) is 6.54 Å². The third kappa shape index (κ3) is 3.57. The molecule has 1 amide bonds. The number of Topliss-reactive ketones (excluding diaryl/α,β-unsaturated/α-hetero) is 1. The lowest BCUT2D eigenvalue weighted by Gasteiger charge is -2.56. The van der Waals surface area contributed by atoms with Gasteiger partial charge in [-0.15, -0.1) is 0 Å². The first-order chi connectivity index (χ1) is 12.4. The van der Waals surface area contributed by atoms with Gasteiger partial charge in [0, 0.05) is 16.7 Å². The van der Waals surface area contributed by atoms with Crippen LogP contribution in [0.4, 0.5) is 5.69 Å². The molecular weight excluding hydrogens is 324 g/mol. The molecule has 5 rings (SSSR count). The summed E-state index contributed by atoms with van der Waals surface area (Å²) in [6, 6.07) is 7.06. The van der Waals surface area contributed by atoms with E-state index in [0.717, 1.165) is 30.0 Å². The number of rotatable bonds is 6. The Morgan fingerprint density at radius 3 is 2.12 bits per heavy atom. The first-order valence-electron chi connectivity index (χ1n) is 10.2. The number of anilines is 1. The predicted molar refractivity (Wildman–Crippen MR) is 102 cm³/mol. The summed E-state index contributed by atoms with van der Waals surface area (Å²) in [5, 5.41) is 5.24. The predicted octanol–water partition coefficient (Wildman–Crippen LogP) is 3.00. The summed E-state index contributed by atoms with van der Waals surface area (Å²) in [6.07, 6.45) is 8.55. The number of nitrogens with two attached hydrogens (primary N) is 1. The Kier molecular flexibility index (Phi) is 4.64. The fourth-order valence-electron chi connectivity index (χ4n) is 6.12. The van der Waals surface area contributed by atoms with Crippen molar-refractivity contribution < 1.29 is 14.9 Å². The molecular formula is C22H31N2O2+. The number of benzene rings is 1. The Morgan fingerprint density at radius 2 is 1.62 bits per heavy atom. The molecule has 0 spiro atoms. The van der Waals surface area contributed by atoms with Gasteiger partial charge in [-0.25, -0.2) is 0 Å². The highest BCUT2D eigenvalue weighted by Gasteiger charge is 2.51. The van der Waals surface area contributed by atoms with E-state index in [-0.39, 0.29) is 17.7 Å². The van der Waals surface area contributed by atoms with Crippen LogP contribution in [0.3, 0.4) is 0 Å². The molecule has 0 aromatic heterocycles. The molecule has 0 heterocycles. The van der Waals surface area contributed by atoms with Gasteiger partial charge >= 0.3 is 0 Å². The van der Waals surface area contributed by atoms with Gasteiger partial charge in [0.2, 0.25) is 0 Å². The summed E-state index contributed by atoms with van der Waals surface area (Å²) in [6.45, 7) is 4.64. The second-order valence-corrected chi connectivity index (χ2v) is 9.27. The summed E-state index contributed by atoms with van der Waals surface area (Å²) < 4.78 is 0. The highest BCUT2D eigenvalue weighted by Crippen LogP contribution is 2.59. The zero-order chi connectivity index (χ0) is 18.3. The highest BCUT2D eigenvalue weighted by atomic mass is 16.2. The average Bonchev–Trinajstić information content (AvgIpc) is 2.59. The molecule has 0 saturated heterocycles. The number of amides is 1. The van der Waals surface area contributed by atoms with E-state index in [9.17, 15) is 9.59 Å². The van der Waals surface area contributed by atoms with Crippen LogP contribution in [0.2, 0.25) is 0 Å². The molecule has 0 unspecified atom stereocenters. The lowest BCUT2D eigenvalue weighted by Crippen LogP contribution is -2.94. The van der Waals surface area contributed by atoms with Crippen molar-refractivity contribution >= 4 is 17.4 Å². The van der Waals surface area contributed by atoms with Crippen LogP contribution < -0.4 is 10.6 Å². The smallest absolute Gasteiger partial charge is 0.282 e. The molecule has 1 aromatic rings. The molecule has 1 atom stereocenters. The fraction of sp³-hybridized carbons (Fsp3) is 0.636. The minimum Gasteiger partial charge on any atom is -0.336 e. The number of nitrogens with one attached hydrogen (secondary N) is 1. The van der Waals surface area contributed by atoms with Crippen LogP contribution in [0.25, 0.3) is 0 Å². The zero-order valence-corrected chi connectivity index (χ0v) is 16.0. The number of quaternary nitrogens is 1. The number of ketones is 1. The van der Waals surface area contributed by atoms with E-state index in [1.165, 1.54) is 38.5 Å². The zero-order valence-electron chi connectivity index (χ0n) is 16.0. The van der Waals surface area contributed by atoms with Crippen molar-refractivity contribution in [2.45, 2.75) is 58.4 Å². The van der Waals surface area contributed by atoms with E-state index >= 15 is 0 Å². The monoisotopic (exact) mass is 355 g/mol. The van der Waals surface area contributed by atoms with Crippen LogP contribution in [-0.4, -0.2) is 24.3 Å². The van der Waals surface area contributed by atoms with Crippen LogP contribution in [-0.2, 0) is 4.79 Å². The van der Waals surface area contributed by atoms with Gasteiger partial charge in [0.15, 0.2) is 11.8 Å². The molecule has 4 bridgehead atoms. The van der Waals surface area contributed by atoms with E-state index in [2.05, 4.69) is 10.6 Å². The van der Waals surface area contributed by atoms with Crippen LogP contribution in [0.15, 0.2) is 24.3 Å². The van der Waals surface area contributed by atoms with E-state index < -0.39 is 0 Å². The summed E-state index contributed by atoms with van der Waals surface area (Å²) >= 11 is 0. The van der Waals surface area contributed by atoms with Crippen molar-refractivity contribution in [2.24, 2.45) is 23.2 Å². The number of hydrogen-bond donors (Lipinski definition) is 2. The van der Waals surface area contributed by atoms with Gasteiger partial charge in [-0.3, -0.25) is 9.59 Å². The Hall–Kier alpha value is -1.68. The number of hydrogen-bond acceptors (Lipinski definition) is 2. The topological polar surface area (TPSA) is 62.8 Å². The van der Waals surface area contributed by atoms with Crippen molar-refractivity contribution in [1.82, 2.24) is 0 Å². The molecule has 4 saturated carbocycles. The molecule has 4 nitrogen and oxygen atoms in total. The fourth-order valence-corrected chi connectivity index (χ4v) is 6.12. The minimum atomic E-state index is -0.0875. The largest absolute Gasteiger partial charge is 0.336 e. The van der Waals surface area contributed by atoms with E-state index in [1.807, 2.05) is 6.92 Å². The normalized spacial score (nSPS) is 33.1. The second-order valence-electron chi connectivity index (χ2n) is 9.27. The Labute approximate surface area is 156 Å². The van der Waals surface area contributed by atoms with Gasteiger partial charge in [0.1, 0.15) is 0 Å². The molecule has 3 N–H and O–H groups in total. The summed E-state index contributed by atoms with van der Waals surface area (Å²) in [4.78, 5) is 23.9. The lowest BCUT2D eigenvalue weighted by molar-refractivity contribution is -0.686. The Bertz CT molecular complexity index is 659. The van der Waals surface area contributed by atoms with Crippen LogP contribution in [0.5, 0.6) is 0 Å². The third-order valence-corrected chi connectivity index (χ3v) is 7.04. The summed E-state index contributed by atoms with van der Waals surface area (Å²) in [7, 11) is 0.